The van der Waals surface area contributed by atoms with Gasteiger partial charge in [0.1, 0.15) is 5.75 Å². The number of ether oxygens (including phenoxy) is 1. The number of hydrogen-bond acceptors (Lipinski definition) is 3. The molecule has 1 atom stereocenters. The molecule has 0 unspecified atom stereocenters. The Hall–Kier alpha value is -2.79. The molecule has 0 aliphatic carbocycles. The zero-order chi connectivity index (χ0) is 17.2. The van der Waals surface area contributed by atoms with Crippen molar-refractivity contribution in [1.29, 1.82) is 0 Å². The highest BCUT2D eigenvalue weighted by Gasteiger charge is 2.24. The number of fused-ring (bicyclic) bond motifs is 1. The number of H-pyrrole nitrogens is 1. The van der Waals surface area contributed by atoms with E-state index in [2.05, 4.69) is 15.3 Å². The number of para-hydroxylation sites is 1. The molecule has 1 aliphatic heterocycles. The first kappa shape index (κ1) is 15.7. The van der Waals surface area contributed by atoms with Gasteiger partial charge in [0, 0.05) is 17.0 Å². The van der Waals surface area contributed by atoms with E-state index in [1.807, 2.05) is 36.4 Å². The highest BCUT2D eigenvalue weighted by molar-refractivity contribution is 6.30. The number of halogens is 1. The smallest absolute Gasteiger partial charge is 0.287 e. The number of carbonyl (C=O) groups excluding carboxylic acids is 1. The maximum absolute atomic E-state index is 12.6. The summed E-state index contributed by atoms with van der Waals surface area (Å²) in [6, 6.07) is 15.0. The van der Waals surface area contributed by atoms with Gasteiger partial charge in [-0.05, 0) is 23.8 Å². The number of amides is 1. The first-order valence-electron chi connectivity index (χ1n) is 8.04. The number of carbonyl (C=O) groups is 1. The second kappa shape index (κ2) is 6.61. The Bertz CT molecular complexity index is 905. The molecule has 0 fully saturated rings. The van der Waals surface area contributed by atoms with Crippen LogP contribution >= 0.6 is 11.6 Å². The number of aromatic amines is 1. The summed E-state index contributed by atoms with van der Waals surface area (Å²) in [5.74, 6) is 0.871. The lowest BCUT2D eigenvalue weighted by atomic mass is 10.0. The van der Waals surface area contributed by atoms with Gasteiger partial charge in [-0.2, -0.15) is 0 Å². The molecule has 2 aromatic carbocycles. The lowest BCUT2D eigenvalue weighted by Gasteiger charge is -2.26. The standard InChI is InChI=1S/C19H16ClN3O2/c20-13-7-5-12(6-8-13)16-11-21-18(22-16)19(24)23-15-9-10-25-17-4-2-1-3-14(15)17/h1-8,11,15H,9-10H2,(H,21,22)(H,23,24)/t15-/m0/s1. The van der Waals surface area contributed by atoms with E-state index in [-0.39, 0.29) is 17.8 Å². The fraction of sp³-hybridized carbons (Fsp3) is 0.158. The van der Waals surface area contributed by atoms with Crippen molar-refractivity contribution in [3.05, 3.63) is 71.1 Å². The summed E-state index contributed by atoms with van der Waals surface area (Å²) in [6.07, 6.45) is 2.38. The minimum atomic E-state index is -0.234. The van der Waals surface area contributed by atoms with Gasteiger partial charge in [-0.1, -0.05) is 41.9 Å². The summed E-state index contributed by atoms with van der Waals surface area (Å²) in [5.41, 5.74) is 2.69. The maximum Gasteiger partial charge on any atom is 0.287 e. The third kappa shape index (κ3) is 3.23. The van der Waals surface area contributed by atoms with Crippen LogP contribution in [-0.4, -0.2) is 22.5 Å². The fourth-order valence-electron chi connectivity index (χ4n) is 2.93. The number of aromatic nitrogens is 2. The highest BCUT2D eigenvalue weighted by atomic mass is 35.5. The van der Waals surface area contributed by atoms with Crippen molar-refractivity contribution in [2.75, 3.05) is 6.61 Å². The molecule has 126 valence electrons. The van der Waals surface area contributed by atoms with Gasteiger partial charge in [0.2, 0.25) is 0 Å². The Balaban J connectivity index is 1.52. The molecule has 2 N–H and O–H groups in total. The maximum atomic E-state index is 12.6. The van der Waals surface area contributed by atoms with Crippen LogP contribution < -0.4 is 10.1 Å². The highest BCUT2D eigenvalue weighted by Crippen LogP contribution is 2.31. The Kier molecular flexibility index (Phi) is 4.15. The third-order valence-electron chi connectivity index (χ3n) is 4.21. The summed E-state index contributed by atoms with van der Waals surface area (Å²) >= 11 is 5.90. The Morgan fingerprint density at radius 3 is 2.84 bits per heavy atom. The van der Waals surface area contributed by atoms with Gasteiger partial charge in [-0.3, -0.25) is 4.79 Å². The predicted octanol–water partition coefficient (Wildman–Crippen LogP) is 3.98. The number of nitrogens with one attached hydrogen (secondary N) is 2. The molecule has 0 saturated carbocycles. The normalized spacial score (nSPS) is 16.0. The molecule has 25 heavy (non-hydrogen) atoms. The average Bonchev–Trinajstić information content (AvgIpc) is 3.13. The monoisotopic (exact) mass is 353 g/mol. The summed E-state index contributed by atoms with van der Waals surface area (Å²) in [7, 11) is 0. The first-order chi connectivity index (χ1) is 12.2. The van der Waals surface area contributed by atoms with Crippen LogP contribution in [0, 0.1) is 0 Å². The van der Waals surface area contributed by atoms with Crippen LogP contribution in [0.2, 0.25) is 5.02 Å². The van der Waals surface area contributed by atoms with Crippen LogP contribution in [0.4, 0.5) is 0 Å². The van der Waals surface area contributed by atoms with Crippen LogP contribution in [0.1, 0.15) is 28.6 Å². The third-order valence-corrected chi connectivity index (χ3v) is 4.46. The van der Waals surface area contributed by atoms with Crippen molar-refractivity contribution in [3.63, 3.8) is 0 Å². The molecule has 1 amide bonds. The number of imidazole rings is 1. The molecular formula is C19H16ClN3O2. The minimum Gasteiger partial charge on any atom is -0.493 e. The lowest BCUT2D eigenvalue weighted by Crippen LogP contribution is -2.32. The number of rotatable bonds is 3. The topological polar surface area (TPSA) is 67.0 Å². The van der Waals surface area contributed by atoms with E-state index in [4.69, 9.17) is 16.3 Å². The molecule has 3 aromatic rings. The Labute approximate surface area is 150 Å². The van der Waals surface area contributed by atoms with Crippen molar-refractivity contribution in [3.8, 4) is 17.0 Å². The molecule has 0 radical (unpaired) electrons. The van der Waals surface area contributed by atoms with Crippen molar-refractivity contribution in [1.82, 2.24) is 15.3 Å². The molecular weight excluding hydrogens is 338 g/mol. The van der Waals surface area contributed by atoms with Crippen molar-refractivity contribution in [2.45, 2.75) is 12.5 Å². The van der Waals surface area contributed by atoms with Crippen LogP contribution in [0.25, 0.3) is 11.3 Å². The van der Waals surface area contributed by atoms with E-state index < -0.39 is 0 Å². The average molecular weight is 354 g/mol. The van der Waals surface area contributed by atoms with E-state index in [0.717, 1.165) is 29.0 Å². The quantitative estimate of drug-likeness (QED) is 0.748. The van der Waals surface area contributed by atoms with Crippen LogP contribution in [0.5, 0.6) is 5.75 Å². The second-order valence-corrected chi connectivity index (χ2v) is 6.29. The van der Waals surface area contributed by atoms with E-state index in [1.54, 1.807) is 18.3 Å². The second-order valence-electron chi connectivity index (χ2n) is 5.85. The molecule has 6 heteroatoms. The van der Waals surface area contributed by atoms with Crippen LogP contribution in [-0.2, 0) is 0 Å². The molecule has 1 aliphatic rings. The van der Waals surface area contributed by atoms with Crippen LogP contribution in [0.15, 0.2) is 54.7 Å². The molecule has 5 nitrogen and oxygen atoms in total. The fourth-order valence-corrected chi connectivity index (χ4v) is 3.06. The molecule has 0 bridgehead atoms. The van der Waals surface area contributed by atoms with Gasteiger partial charge in [0.15, 0.2) is 5.82 Å². The summed E-state index contributed by atoms with van der Waals surface area (Å²) < 4.78 is 5.63. The van der Waals surface area contributed by atoms with Crippen molar-refractivity contribution >= 4 is 17.5 Å². The van der Waals surface area contributed by atoms with Gasteiger partial charge >= 0.3 is 0 Å². The zero-order valence-electron chi connectivity index (χ0n) is 13.3. The number of hydrogen-bond donors (Lipinski definition) is 2. The van der Waals surface area contributed by atoms with E-state index in [1.165, 1.54) is 0 Å². The van der Waals surface area contributed by atoms with Crippen LogP contribution in [0.3, 0.4) is 0 Å². The van der Waals surface area contributed by atoms with E-state index >= 15 is 0 Å². The number of benzene rings is 2. The van der Waals surface area contributed by atoms with Gasteiger partial charge in [-0.15, -0.1) is 0 Å². The Morgan fingerprint density at radius 2 is 2.00 bits per heavy atom. The molecule has 4 rings (SSSR count). The van der Waals surface area contributed by atoms with Gasteiger partial charge in [0.25, 0.3) is 5.91 Å². The molecule has 1 aromatic heterocycles. The van der Waals surface area contributed by atoms with E-state index in [9.17, 15) is 4.79 Å². The number of nitrogens with zero attached hydrogens (tertiary/aromatic N) is 1. The molecule has 0 saturated heterocycles. The largest absolute Gasteiger partial charge is 0.493 e. The first-order valence-corrected chi connectivity index (χ1v) is 8.42. The van der Waals surface area contributed by atoms with Gasteiger partial charge in [0.05, 0.1) is 24.5 Å². The molecule has 2 heterocycles. The Morgan fingerprint density at radius 1 is 1.20 bits per heavy atom. The minimum absolute atomic E-state index is 0.0819. The molecule has 0 spiro atoms. The van der Waals surface area contributed by atoms with Crippen molar-refractivity contribution < 1.29 is 9.53 Å². The SMILES string of the molecule is O=C(N[C@H]1CCOc2ccccc21)c1ncc(-c2ccc(Cl)cc2)[nH]1. The summed E-state index contributed by atoms with van der Waals surface area (Å²) in [6.45, 7) is 0.580. The van der Waals surface area contributed by atoms with E-state index in [0.29, 0.717) is 11.6 Å². The van der Waals surface area contributed by atoms with Gasteiger partial charge in [-0.25, -0.2) is 4.98 Å². The summed E-state index contributed by atoms with van der Waals surface area (Å²) in [5, 5.41) is 3.70. The summed E-state index contributed by atoms with van der Waals surface area (Å²) in [4.78, 5) is 19.8. The van der Waals surface area contributed by atoms with Crippen molar-refractivity contribution in [2.24, 2.45) is 0 Å². The van der Waals surface area contributed by atoms with Gasteiger partial charge < -0.3 is 15.0 Å². The predicted molar refractivity (Wildman–Crippen MR) is 95.8 cm³/mol. The zero-order valence-corrected chi connectivity index (χ0v) is 14.1. The lowest BCUT2D eigenvalue weighted by molar-refractivity contribution is 0.0915.